The van der Waals surface area contributed by atoms with Gasteiger partial charge in [-0.1, -0.05) is 86.6 Å². The molecule has 2 N–H and O–H groups in total. The van der Waals surface area contributed by atoms with E-state index in [0.717, 1.165) is 24.3 Å². The predicted octanol–water partition coefficient (Wildman–Crippen LogP) is 5.65. The quantitative estimate of drug-likeness (QED) is 0.333. The lowest BCUT2D eigenvalue weighted by atomic mass is 9.80. The molecule has 5 nitrogen and oxygen atoms in total. The Bertz CT molecular complexity index is 1090. The van der Waals surface area contributed by atoms with Crippen LogP contribution in [0.3, 0.4) is 0 Å². The second-order valence-electron chi connectivity index (χ2n) is 10.2. The summed E-state index contributed by atoms with van der Waals surface area (Å²) >= 11 is 0. The van der Waals surface area contributed by atoms with Gasteiger partial charge in [-0.3, -0.25) is 4.79 Å². The Balaban J connectivity index is 1.66. The van der Waals surface area contributed by atoms with Crippen LogP contribution in [0.4, 0.5) is 0 Å². The standard InChI is InChI=1S/C32H40N2O3/c1-22(2)25-15-17-28(36-3)27(19-25)21-33-31-26(16-18-29(35)37-4)20-34-32(31)30(23-11-7-5-8-12-23)24-13-9-6-10-14-24/h5-15,17,19,22,26,30-34H,16,18,20-21H2,1-4H3. The lowest BCUT2D eigenvalue weighted by Gasteiger charge is -2.32. The molecule has 3 atom stereocenters. The maximum absolute atomic E-state index is 12.0. The Labute approximate surface area is 221 Å². The van der Waals surface area contributed by atoms with Gasteiger partial charge in [0.15, 0.2) is 0 Å². The summed E-state index contributed by atoms with van der Waals surface area (Å²) in [4.78, 5) is 12.0. The molecule has 1 heterocycles. The van der Waals surface area contributed by atoms with Crippen molar-refractivity contribution in [2.45, 2.75) is 57.2 Å². The number of rotatable bonds is 11. The van der Waals surface area contributed by atoms with E-state index < -0.39 is 0 Å². The molecular formula is C32H40N2O3. The highest BCUT2D eigenvalue weighted by Crippen LogP contribution is 2.36. The molecule has 3 aromatic rings. The number of carbonyl (C=O) groups excluding carboxylic acids is 1. The second-order valence-corrected chi connectivity index (χ2v) is 10.2. The van der Waals surface area contributed by atoms with Crippen molar-refractivity contribution in [2.24, 2.45) is 5.92 Å². The normalized spacial score (nSPS) is 19.4. The Kier molecular flexibility index (Phi) is 9.37. The summed E-state index contributed by atoms with van der Waals surface area (Å²) < 4.78 is 10.7. The van der Waals surface area contributed by atoms with Crippen LogP contribution in [0.2, 0.25) is 0 Å². The minimum atomic E-state index is -0.156. The number of nitrogens with one attached hydrogen (secondary N) is 2. The van der Waals surface area contributed by atoms with Gasteiger partial charge >= 0.3 is 5.97 Å². The minimum Gasteiger partial charge on any atom is -0.496 e. The zero-order chi connectivity index (χ0) is 26.2. The molecule has 1 fully saturated rings. The van der Waals surface area contributed by atoms with Gasteiger partial charge < -0.3 is 20.1 Å². The van der Waals surface area contributed by atoms with Crippen molar-refractivity contribution in [2.75, 3.05) is 20.8 Å². The van der Waals surface area contributed by atoms with Gasteiger partial charge in [0.2, 0.25) is 0 Å². The largest absolute Gasteiger partial charge is 0.496 e. The van der Waals surface area contributed by atoms with Crippen LogP contribution in [0.1, 0.15) is 60.8 Å². The van der Waals surface area contributed by atoms with E-state index in [1.54, 1.807) is 7.11 Å². The number of benzene rings is 3. The Morgan fingerprint density at radius 3 is 2.16 bits per heavy atom. The first-order valence-electron chi connectivity index (χ1n) is 13.3. The average Bonchev–Trinajstić information content (AvgIpc) is 3.33. The summed E-state index contributed by atoms with van der Waals surface area (Å²) in [5, 5.41) is 7.75. The van der Waals surface area contributed by atoms with E-state index in [1.165, 1.54) is 23.8 Å². The first-order chi connectivity index (χ1) is 18.0. The molecule has 4 rings (SSSR count). The van der Waals surface area contributed by atoms with Crippen LogP contribution in [0.15, 0.2) is 78.9 Å². The number of hydrogen-bond acceptors (Lipinski definition) is 5. The third kappa shape index (κ3) is 6.60. The van der Waals surface area contributed by atoms with E-state index in [-0.39, 0.29) is 24.0 Å². The third-order valence-corrected chi connectivity index (χ3v) is 7.63. The molecule has 3 unspecified atom stereocenters. The van der Waals surface area contributed by atoms with Crippen LogP contribution >= 0.6 is 0 Å². The van der Waals surface area contributed by atoms with Gasteiger partial charge in [-0.15, -0.1) is 0 Å². The van der Waals surface area contributed by atoms with Crippen LogP contribution in [0, 0.1) is 5.92 Å². The highest BCUT2D eigenvalue weighted by Gasteiger charge is 2.41. The van der Waals surface area contributed by atoms with Gasteiger partial charge in [0.1, 0.15) is 5.75 Å². The van der Waals surface area contributed by atoms with E-state index in [4.69, 9.17) is 9.47 Å². The summed E-state index contributed by atoms with van der Waals surface area (Å²) in [6.07, 6.45) is 1.19. The van der Waals surface area contributed by atoms with E-state index >= 15 is 0 Å². The molecular weight excluding hydrogens is 460 g/mol. The van der Waals surface area contributed by atoms with Gasteiger partial charge in [0, 0.05) is 36.5 Å². The number of esters is 1. The first-order valence-corrected chi connectivity index (χ1v) is 13.3. The van der Waals surface area contributed by atoms with Crippen LogP contribution in [-0.2, 0) is 16.1 Å². The summed E-state index contributed by atoms with van der Waals surface area (Å²) in [6, 6.07) is 28.2. The topological polar surface area (TPSA) is 59.6 Å². The van der Waals surface area contributed by atoms with Crippen molar-refractivity contribution in [3.05, 3.63) is 101 Å². The Morgan fingerprint density at radius 1 is 0.946 bits per heavy atom. The van der Waals surface area contributed by atoms with E-state index in [1.807, 2.05) is 0 Å². The SMILES string of the molecule is COC(=O)CCC1CNC(C(c2ccccc2)c2ccccc2)C1NCc1cc(C(C)C)ccc1OC. The summed E-state index contributed by atoms with van der Waals surface area (Å²) in [5.74, 6) is 1.65. The van der Waals surface area contributed by atoms with Crippen molar-refractivity contribution < 1.29 is 14.3 Å². The predicted molar refractivity (Wildman–Crippen MR) is 149 cm³/mol. The molecule has 196 valence electrons. The van der Waals surface area contributed by atoms with Crippen LogP contribution < -0.4 is 15.4 Å². The fourth-order valence-corrected chi connectivity index (χ4v) is 5.59. The van der Waals surface area contributed by atoms with Gasteiger partial charge in [0.05, 0.1) is 14.2 Å². The van der Waals surface area contributed by atoms with Crippen molar-refractivity contribution in [1.82, 2.24) is 10.6 Å². The maximum atomic E-state index is 12.0. The highest BCUT2D eigenvalue weighted by molar-refractivity contribution is 5.69. The minimum absolute atomic E-state index is 0.155. The zero-order valence-corrected chi connectivity index (χ0v) is 22.4. The molecule has 37 heavy (non-hydrogen) atoms. The molecule has 0 spiro atoms. The monoisotopic (exact) mass is 500 g/mol. The molecule has 0 amide bonds. The maximum Gasteiger partial charge on any atom is 0.305 e. The van der Waals surface area contributed by atoms with Crippen molar-refractivity contribution >= 4 is 5.97 Å². The lowest BCUT2D eigenvalue weighted by Crippen LogP contribution is -2.46. The third-order valence-electron chi connectivity index (χ3n) is 7.63. The molecule has 1 saturated heterocycles. The van der Waals surface area contributed by atoms with E-state index in [0.29, 0.717) is 24.8 Å². The van der Waals surface area contributed by atoms with Crippen LogP contribution in [0.5, 0.6) is 5.75 Å². The van der Waals surface area contributed by atoms with E-state index in [2.05, 4.69) is 103 Å². The molecule has 0 aliphatic carbocycles. The van der Waals surface area contributed by atoms with Crippen LogP contribution in [-0.4, -0.2) is 38.8 Å². The summed E-state index contributed by atoms with van der Waals surface area (Å²) in [5.41, 5.74) is 5.02. The van der Waals surface area contributed by atoms with Crippen molar-refractivity contribution in [3.63, 3.8) is 0 Å². The molecule has 0 aromatic heterocycles. The number of carbonyl (C=O) groups is 1. The fraction of sp³-hybridized carbons (Fsp3) is 0.406. The first kappa shape index (κ1) is 26.9. The second kappa shape index (κ2) is 12.9. The van der Waals surface area contributed by atoms with Gasteiger partial charge in [-0.05, 0) is 47.6 Å². The van der Waals surface area contributed by atoms with Crippen LogP contribution in [0.25, 0.3) is 0 Å². The molecule has 5 heteroatoms. The molecule has 0 saturated carbocycles. The summed E-state index contributed by atoms with van der Waals surface area (Å²) in [6.45, 7) is 5.96. The average molecular weight is 501 g/mol. The molecule has 3 aromatic carbocycles. The van der Waals surface area contributed by atoms with E-state index in [9.17, 15) is 4.79 Å². The van der Waals surface area contributed by atoms with Gasteiger partial charge in [-0.25, -0.2) is 0 Å². The van der Waals surface area contributed by atoms with Gasteiger partial charge in [0.25, 0.3) is 0 Å². The Hall–Kier alpha value is -3.15. The number of ether oxygens (including phenoxy) is 2. The number of methoxy groups -OCH3 is 2. The smallest absolute Gasteiger partial charge is 0.305 e. The number of hydrogen-bond donors (Lipinski definition) is 2. The lowest BCUT2D eigenvalue weighted by molar-refractivity contribution is -0.140. The summed E-state index contributed by atoms with van der Waals surface area (Å²) in [7, 11) is 3.19. The zero-order valence-electron chi connectivity index (χ0n) is 22.4. The molecule has 0 bridgehead atoms. The fourth-order valence-electron chi connectivity index (χ4n) is 5.59. The van der Waals surface area contributed by atoms with Gasteiger partial charge in [-0.2, -0.15) is 0 Å². The molecule has 1 aliphatic rings. The molecule has 0 radical (unpaired) electrons. The van der Waals surface area contributed by atoms with Crippen molar-refractivity contribution in [3.8, 4) is 5.75 Å². The molecule has 1 aliphatic heterocycles. The highest BCUT2D eigenvalue weighted by atomic mass is 16.5. The van der Waals surface area contributed by atoms with Crippen molar-refractivity contribution in [1.29, 1.82) is 0 Å². The Morgan fingerprint density at radius 2 is 1.59 bits per heavy atom.